The van der Waals surface area contributed by atoms with Gasteiger partial charge >= 0.3 is 0 Å². The lowest BCUT2D eigenvalue weighted by atomic mass is 10.1. The number of aryl methyl sites for hydroxylation is 1. The normalized spacial score (nSPS) is 10.4. The first kappa shape index (κ1) is 17.2. The molecule has 0 aliphatic carbocycles. The molecule has 3 aromatic rings. The van der Waals surface area contributed by atoms with Gasteiger partial charge in [0.1, 0.15) is 11.4 Å². The van der Waals surface area contributed by atoms with Crippen LogP contribution in [0.4, 0.5) is 0 Å². The molecule has 0 atom stereocenters. The molecule has 0 aliphatic rings. The van der Waals surface area contributed by atoms with E-state index in [0.717, 1.165) is 23.4 Å². The number of H-pyrrole nitrogens is 2. The third-order valence-corrected chi connectivity index (χ3v) is 3.74. The molecule has 0 fully saturated rings. The van der Waals surface area contributed by atoms with Gasteiger partial charge in [0.2, 0.25) is 0 Å². The third kappa shape index (κ3) is 3.72. The van der Waals surface area contributed by atoms with Gasteiger partial charge in [-0.3, -0.25) is 30.6 Å². The van der Waals surface area contributed by atoms with Gasteiger partial charge in [-0.1, -0.05) is 6.92 Å². The predicted octanol–water partition coefficient (Wildman–Crippen LogP) is 1.45. The second kappa shape index (κ2) is 7.51. The zero-order chi connectivity index (χ0) is 18.5. The number of aromatic nitrogens is 4. The van der Waals surface area contributed by atoms with Crippen molar-refractivity contribution in [2.75, 3.05) is 7.11 Å². The van der Waals surface area contributed by atoms with Crippen molar-refractivity contribution in [1.29, 1.82) is 0 Å². The summed E-state index contributed by atoms with van der Waals surface area (Å²) in [5, 5.41) is 13.4. The van der Waals surface area contributed by atoms with Crippen LogP contribution in [0, 0.1) is 0 Å². The molecule has 0 saturated carbocycles. The van der Waals surface area contributed by atoms with Crippen LogP contribution in [0.1, 0.15) is 33.6 Å². The summed E-state index contributed by atoms with van der Waals surface area (Å²) in [5.41, 5.74) is 7.31. The van der Waals surface area contributed by atoms with E-state index in [1.54, 1.807) is 31.4 Å². The molecule has 134 valence electrons. The van der Waals surface area contributed by atoms with Crippen LogP contribution in [-0.2, 0) is 6.42 Å². The Balaban J connectivity index is 1.61. The molecule has 9 heteroatoms. The summed E-state index contributed by atoms with van der Waals surface area (Å²) in [6.07, 6.45) is 0.731. The summed E-state index contributed by atoms with van der Waals surface area (Å²) in [4.78, 5) is 24.1. The Morgan fingerprint density at radius 2 is 1.77 bits per heavy atom. The minimum atomic E-state index is -0.517. The Labute approximate surface area is 149 Å². The number of hydrogen-bond acceptors (Lipinski definition) is 5. The van der Waals surface area contributed by atoms with E-state index in [2.05, 4.69) is 31.2 Å². The van der Waals surface area contributed by atoms with Crippen molar-refractivity contribution in [3.05, 3.63) is 53.5 Å². The van der Waals surface area contributed by atoms with Crippen LogP contribution in [0.3, 0.4) is 0 Å². The summed E-state index contributed by atoms with van der Waals surface area (Å²) in [6.45, 7) is 1.94. The monoisotopic (exact) mass is 354 g/mol. The minimum Gasteiger partial charge on any atom is -0.497 e. The molecule has 0 aliphatic heterocycles. The van der Waals surface area contributed by atoms with E-state index in [4.69, 9.17) is 4.74 Å². The van der Waals surface area contributed by atoms with Crippen molar-refractivity contribution in [2.45, 2.75) is 13.3 Å². The van der Waals surface area contributed by atoms with Gasteiger partial charge in [-0.15, -0.1) is 0 Å². The summed E-state index contributed by atoms with van der Waals surface area (Å²) in [6, 6.07) is 10.5. The van der Waals surface area contributed by atoms with Crippen molar-refractivity contribution in [1.82, 2.24) is 31.2 Å². The molecule has 26 heavy (non-hydrogen) atoms. The molecule has 0 unspecified atom stereocenters. The van der Waals surface area contributed by atoms with Crippen molar-refractivity contribution in [2.24, 2.45) is 0 Å². The van der Waals surface area contributed by atoms with Crippen molar-refractivity contribution < 1.29 is 14.3 Å². The van der Waals surface area contributed by atoms with E-state index in [0.29, 0.717) is 5.69 Å². The number of hydrogen-bond donors (Lipinski definition) is 4. The number of ether oxygens (including phenoxy) is 1. The first-order valence-electron chi connectivity index (χ1n) is 7.95. The Hall–Kier alpha value is -3.62. The molecule has 0 radical (unpaired) electrons. The molecular formula is C17H18N6O3. The van der Waals surface area contributed by atoms with Gasteiger partial charge in [0.25, 0.3) is 11.8 Å². The fraction of sp³-hybridized carbons (Fsp3) is 0.176. The summed E-state index contributed by atoms with van der Waals surface area (Å²) in [7, 11) is 1.59. The van der Waals surface area contributed by atoms with Crippen LogP contribution in [0.5, 0.6) is 5.75 Å². The number of benzene rings is 1. The van der Waals surface area contributed by atoms with E-state index in [9.17, 15) is 9.59 Å². The predicted molar refractivity (Wildman–Crippen MR) is 93.5 cm³/mol. The van der Waals surface area contributed by atoms with E-state index in [1.807, 2.05) is 19.1 Å². The van der Waals surface area contributed by atoms with Crippen molar-refractivity contribution >= 4 is 11.8 Å². The minimum absolute atomic E-state index is 0.200. The highest BCUT2D eigenvalue weighted by Crippen LogP contribution is 2.21. The van der Waals surface area contributed by atoms with Crippen LogP contribution in [0.15, 0.2) is 36.4 Å². The lowest BCUT2D eigenvalue weighted by molar-refractivity contribution is 0.0841. The molecule has 0 spiro atoms. The maximum atomic E-state index is 12.1. The van der Waals surface area contributed by atoms with Crippen LogP contribution in [-0.4, -0.2) is 39.3 Å². The van der Waals surface area contributed by atoms with Gasteiger partial charge in [0.05, 0.1) is 12.8 Å². The average Bonchev–Trinajstić information content (AvgIpc) is 3.35. The quantitative estimate of drug-likeness (QED) is 0.516. The maximum Gasteiger partial charge on any atom is 0.290 e. The maximum absolute atomic E-state index is 12.1. The first-order chi connectivity index (χ1) is 12.6. The van der Waals surface area contributed by atoms with Crippen LogP contribution in [0.2, 0.25) is 0 Å². The molecule has 2 aromatic heterocycles. The fourth-order valence-corrected chi connectivity index (χ4v) is 2.25. The first-order valence-corrected chi connectivity index (χ1v) is 7.95. The fourth-order valence-electron chi connectivity index (χ4n) is 2.25. The molecule has 4 N–H and O–H groups in total. The Bertz CT molecular complexity index is 913. The molecule has 2 heterocycles. The highest BCUT2D eigenvalue weighted by atomic mass is 16.5. The number of amides is 2. The molecule has 1 aromatic carbocycles. The van der Waals surface area contributed by atoms with E-state index in [-0.39, 0.29) is 11.4 Å². The topological polar surface area (TPSA) is 125 Å². The van der Waals surface area contributed by atoms with Crippen molar-refractivity contribution in [3.63, 3.8) is 0 Å². The van der Waals surface area contributed by atoms with Gasteiger partial charge in [0, 0.05) is 11.3 Å². The number of aromatic amines is 2. The summed E-state index contributed by atoms with van der Waals surface area (Å²) < 4.78 is 5.11. The second-order valence-electron chi connectivity index (χ2n) is 5.44. The Morgan fingerprint density at radius 1 is 1.04 bits per heavy atom. The SMILES string of the molecule is CCc1cc(C(=O)NNC(=O)c2cc(-c3ccc(OC)cc3)n[nH]2)n[nH]1. The van der Waals surface area contributed by atoms with Gasteiger partial charge in [-0.2, -0.15) is 10.2 Å². The zero-order valence-electron chi connectivity index (χ0n) is 14.3. The van der Waals surface area contributed by atoms with Crippen LogP contribution < -0.4 is 15.6 Å². The molecule has 3 rings (SSSR count). The zero-order valence-corrected chi connectivity index (χ0v) is 14.3. The molecule has 0 bridgehead atoms. The number of carbonyl (C=O) groups excluding carboxylic acids is 2. The molecular weight excluding hydrogens is 336 g/mol. The summed E-state index contributed by atoms with van der Waals surface area (Å²) >= 11 is 0. The Morgan fingerprint density at radius 3 is 2.42 bits per heavy atom. The van der Waals surface area contributed by atoms with Crippen LogP contribution >= 0.6 is 0 Å². The van der Waals surface area contributed by atoms with Crippen molar-refractivity contribution in [3.8, 4) is 17.0 Å². The third-order valence-electron chi connectivity index (χ3n) is 3.74. The average molecular weight is 354 g/mol. The number of nitrogens with one attached hydrogen (secondary N) is 4. The number of rotatable bonds is 5. The highest BCUT2D eigenvalue weighted by molar-refractivity contribution is 5.97. The standard InChI is InChI=1S/C17H18N6O3/c1-3-11-8-14(20-18-11)16(24)22-23-17(25)15-9-13(19-21-15)10-4-6-12(26-2)7-5-10/h4-9H,3H2,1-2H3,(H,18,20)(H,19,21)(H,22,24)(H,23,25). The van der Waals surface area contributed by atoms with Gasteiger partial charge in [-0.25, -0.2) is 0 Å². The van der Waals surface area contributed by atoms with E-state index >= 15 is 0 Å². The Kier molecular flexibility index (Phi) is 4.97. The molecule has 9 nitrogen and oxygen atoms in total. The molecule has 2 amide bonds. The molecule has 0 saturated heterocycles. The number of carbonyl (C=O) groups is 2. The smallest absolute Gasteiger partial charge is 0.290 e. The number of nitrogens with zero attached hydrogens (tertiary/aromatic N) is 2. The number of methoxy groups -OCH3 is 1. The number of hydrazine groups is 1. The van der Waals surface area contributed by atoms with Gasteiger partial charge < -0.3 is 4.74 Å². The van der Waals surface area contributed by atoms with Gasteiger partial charge in [-0.05, 0) is 42.8 Å². The summed E-state index contributed by atoms with van der Waals surface area (Å²) in [5.74, 6) is -0.296. The van der Waals surface area contributed by atoms with E-state index in [1.165, 1.54) is 0 Å². The highest BCUT2D eigenvalue weighted by Gasteiger charge is 2.14. The van der Waals surface area contributed by atoms with Crippen LogP contribution in [0.25, 0.3) is 11.3 Å². The largest absolute Gasteiger partial charge is 0.497 e. The lowest BCUT2D eigenvalue weighted by Crippen LogP contribution is -2.41. The van der Waals surface area contributed by atoms with Gasteiger partial charge in [0.15, 0.2) is 5.69 Å². The second-order valence-corrected chi connectivity index (χ2v) is 5.44. The van der Waals surface area contributed by atoms with E-state index < -0.39 is 11.8 Å². The lowest BCUT2D eigenvalue weighted by Gasteiger charge is -2.03.